The van der Waals surface area contributed by atoms with Gasteiger partial charge in [0, 0.05) is 23.3 Å². The average molecular weight is 236 g/mol. The van der Waals surface area contributed by atoms with Crippen molar-refractivity contribution in [3.8, 4) is 0 Å². The van der Waals surface area contributed by atoms with E-state index in [0.717, 1.165) is 6.42 Å². The van der Waals surface area contributed by atoms with E-state index < -0.39 is 0 Å². The van der Waals surface area contributed by atoms with Gasteiger partial charge < -0.3 is 0 Å². The second kappa shape index (κ2) is 4.09. The van der Waals surface area contributed by atoms with Crippen molar-refractivity contribution in [2.45, 2.75) is 20.3 Å². The first-order chi connectivity index (χ1) is 8.72. The Morgan fingerprint density at radius 2 is 1.61 bits per heavy atom. The molecular formula is C17H18N+. The summed E-state index contributed by atoms with van der Waals surface area (Å²) >= 11 is 0. The number of pyridine rings is 1. The van der Waals surface area contributed by atoms with E-state index in [1.807, 2.05) is 0 Å². The van der Waals surface area contributed by atoms with Crippen LogP contribution in [0.1, 0.15) is 18.2 Å². The standard InChI is InChI=1S/C17H18N/c1-4-17-16-9-8-13-12(2)6-5-7-14(13)15(16)10-11-18(17)3/h5-11H,4H2,1-3H3/q+1. The normalized spacial score (nSPS) is 11.3. The van der Waals surface area contributed by atoms with E-state index in [4.69, 9.17) is 0 Å². The van der Waals surface area contributed by atoms with Crippen LogP contribution in [0.15, 0.2) is 42.6 Å². The van der Waals surface area contributed by atoms with E-state index >= 15 is 0 Å². The zero-order valence-corrected chi connectivity index (χ0v) is 11.2. The van der Waals surface area contributed by atoms with Crippen molar-refractivity contribution >= 4 is 21.5 Å². The minimum Gasteiger partial charge on any atom is -0.205 e. The van der Waals surface area contributed by atoms with Gasteiger partial charge in [0.1, 0.15) is 7.05 Å². The minimum atomic E-state index is 1.06. The molecule has 1 aromatic heterocycles. The predicted molar refractivity (Wildman–Crippen MR) is 76.7 cm³/mol. The highest BCUT2D eigenvalue weighted by Gasteiger charge is 2.12. The molecule has 0 radical (unpaired) electrons. The van der Waals surface area contributed by atoms with Gasteiger partial charge in [-0.25, -0.2) is 4.57 Å². The van der Waals surface area contributed by atoms with Gasteiger partial charge in [-0.1, -0.05) is 31.2 Å². The monoisotopic (exact) mass is 236 g/mol. The summed E-state index contributed by atoms with van der Waals surface area (Å²) in [7, 11) is 2.12. The van der Waals surface area contributed by atoms with Crippen LogP contribution in [0.2, 0.25) is 0 Å². The summed E-state index contributed by atoms with van der Waals surface area (Å²) in [4.78, 5) is 0. The largest absolute Gasteiger partial charge is 0.205 e. The van der Waals surface area contributed by atoms with Crippen LogP contribution in [0.25, 0.3) is 21.5 Å². The molecule has 0 bridgehead atoms. The summed E-state index contributed by atoms with van der Waals surface area (Å²) in [5, 5.41) is 5.47. The molecule has 0 spiro atoms. The van der Waals surface area contributed by atoms with Crippen LogP contribution in [0.3, 0.4) is 0 Å². The second-order valence-corrected chi connectivity index (χ2v) is 4.92. The SMILES string of the molecule is CCc1c2ccc3c(C)cccc3c2cc[n+]1C. The predicted octanol–water partition coefficient (Wildman–Crippen LogP) is 3.69. The Morgan fingerprint density at radius 1 is 0.889 bits per heavy atom. The molecular weight excluding hydrogens is 218 g/mol. The molecule has 0 aliphatic heterocycles. The van der Waals surface area contributed by atoms with Gasteiger partial charge in [0.2, 0.25) is 0 Å². The number of hydrogen-bond acceptors (Lipinski definition) is 0. The molecule has 18 heavy (non-hydrogen) atoms. The van der Waals surface area contributed by atoms with E-state index in [1.165, 1.54) is 32.8 Å². The molecule has 1 heterocycles. The molecule has 2 aromatic carbocycles. The summed E-state index contributed by atoms with van der Waals surface area (Å²) in [6.45, 7) is 4.40. The van der Waals surface area contributed by atoms with Crippen LogP contribution < -0.4 is 4.57 Å². The number of rotatable bonds is 1. The summed E-state index contributed by atoms with van der Waals surface area (Å²) in [5.74, 6) is 0. The Balaban J connectivity index is 2.53. The smallest absolute Gasteiger partial charge is 0.188 e. The molecule has 3 rings (SSSR count). The van der Waals surface area contributed by atoms with Crippen LogP contribution in [0.4, 0.5) is 0 Å². The van der Waals surface area contributed by atoms with Crippen molar-refractivity contribution < 1.29 is 4.57 Å². The van der Waals surface area contributed by atoms with Crippen molar-refractivity contribution in [2.75, 3.05) is 0 Å². The Bertz CT molecular complexity index is 741. The summed E-state index contributed by atoms with van der Waals surface area (Å²) in [6.07, 6.45) is 3.23. The maximum absolute atomic E-state index is 2.27. The zero-order valence-electron chi connectivity index (χ0n) is 11.2. The molecule has 0 saturated carbocycles. The van der Waals surface area contributed by atoms with Gasteiger partial charge in [-0.2, -0.15) is 0 Å². The van der Waals surface area contributed by atoms with Crippen molar-refractivity contribution in [1.29, 1.82) is 0 Å². The second-order valence-electron chi connectivity index (χ2n) is 4.92. The summed E-state index contributed by atoms with van der Waals surface area (Å²) in [5.41, 5.74) is 2.75. The van der Waals surface area contributed by atoms with E-state index in [9.17, 15) is 0 Å². The molecule has 0 amide bonds. The summed E-state index contributed by atoms with van der Waals surface area (Å²) < 4.78 is 2.23. The number of nitrogens with zero attached hydrogens (tertiary/aromatic N) is 1. The fourth-order valence-corrected chi connectivity index (χ4v) is 2.88. The fourth-order valence-electron chi connectivity index (χ4n) is 2.88. The maximum atomic E-state index is 2.27. The van der Waals surface area contributed by atoms with E-state index in [-0.39, 0.29) is 0 Å². The maximum Gasteiger partial charge on any atom is 0.188 e. The molecule has 1 nitrogen and oxygen atoms in total. The molecule has 0 unspecified atom stereocenters. The van der Waals surface area contributed by atoms with E-state index in [1.54, 1.807) is 0 Å². The molecule has 0 saturated heterocycles. The van der Waals surface area contributed by atoms with Crippen molar-refractivity contribution in [3.05, 3.63) is 53.9 Å². The number of hydrogen-bond donors (Lipinski definition) is 0. The molecule has 0 aliphatic rings. The fraction of sp³-hybridized carbons (Fsp3) is 0.235. The number of fused-ring (bicyclic) bond motifs is 3. The lowest BCUT2D eigenvalue weighted by Crippen LogP contribution is -2.32. The Labute approximate surface area is 108 Å². The van der Waals surface area contributed by atoms with Crippen LogP contribution in [0.5, 0.6) is 0 Å². The highest BCUT2D eigenvalue weighted by molar-refractivity contribution is 6.08. The zero-order chi connectivity index (χ0) is 12.7. The lowest BCUT2D eigenvalue weighted by molar-refractivity contribution is -0.677. The van der Waals surface area contributed by atoms with Crippen molar-refractivity contribution in [2.24, 2.45) is 7.05 Å². The van der Waals surface area contributed by atoms with Crippen LogP contribution >= 0.6 is 0 Å². The molecule has 0 aliphatic carbocycles. The molecule has 0 fully saturated rings. The Morgan fingerprint density at radius 3 is 2.39 bits per heavy atom. The lowest BCUT2D eigenvalue weighted by atomic mass is 9.98. The van der Waals surface area contributed by atoms with Crippen LogP contribution in [-0.4, -0.2) is 0 Å². The highest BCUT2D eigenvalue weighted by atomic mass is 14.9. The number of benzene rings is 2. The van der Waals surface area contributed by atoms with Crippen molar-refractivity contribution in [3.63, 3.8) is 0 Å². The van der Waals surface area contributed by atoms with E-state index in [0.29, 0.717) is 0 Å². The third-order valence-corrected chi connectivity index (χ3v) is 3.86. The number of aromatic nitrogens is 1. The Kier molecular flexibility index (Phi) is 2.55. The van der Waals surface area contributed by atoms with Gasteiger partial charge in [0.15, 0.2) is 11.9 Å². The third kappa shape index (κ3) is 1.51. The first-order valence-corrected chi connectivity index (χ1v) is 6.52. The van der Waals surface area contributed by atoms with Crippen LogP contribution in [-0.2, 0) is 13.5 Å². The highest BCUT2D eigenvalue weighted by Crippen LogP contribution is 2.28. The Hall–Kier alpha value is -1.89. The number of aryl methyl sites for hydroxylation is 3. The van der Waals surface area contributed by atoms with Crippen LogP contribution in [0, 0.1) is 6.92 Å². The van der Waals surface area contributed by atoms with Gasteiger partial charge in [-0.15, -0.1) is 0 Å². The van der Waals surface area contributed by atoms with Gasteiger partial charge >= 0.3 is 0 Å². The quantitative estimate of drug-likeness (QED) is 0.448. The molecule has 90 valence electrons. The van der Waals surface area contributed by atoms with Gasteiger partial charge in [0.25, 0.3) is 0 Å². The third-order valence-electron chi connectivity index (χ3n) is 3.86. The van der Waals surface area contributed by atoms with Gasteiger partial charge in [0.05, 0.1) is 0 Å². The lowest BCUT2D eigenvalue weighted by Gasteiger charge is -2.08. The minimum absolute atomic E-state index is 1.06. The average Bonchev–Trinajstić information content (AvgIpc) is 2.38. The molecule has 3 aromatic rings. The molecule has 0 atom stereocenters. The molecule has 0 N–H and O–H groups in total. The van der Waals surface area contributed by atoms with Gasteiger partial charge in [-0.3, -0.25) is 0 Å². The first kappa shape index (κ1) is 11.2. The summed E-state index contributed by atoms with van der Waals surface area (Å²) in [6, 6.07) is 13.3. The van der Waals surface area contributed by atoms with E-state index in [2.05, 4.69) is 68.1 Å². The van der Waals surface area contributed by atoms with Crippen molar-refractivity contribution in [1.82, 2.24) is 0 Å². The topological polar surface area (TPSA) is 3.88 Å². The molecule has 1 heteroatoms. The van der Waals surface area contributed by atoms with Gasteiger partial charge in [-0.05, 0) is 29.3 Å². The first-order valence-electron chi connectivity index (χ1n) is 6.52.